The summed E-state index contributed by atoms with van der Waals surface area (Å²) < 4.78 is 0. The molecule has 2 unspecified atom stereocenters. The van der Waals surface area contributed by atoms with Crippen molar-refractivity contribution in [2.45, 2.75) is 65.4 Å². The standard InChI is InChI=1S/C28H37N3O5S.C2H6/c1-6-12-29-25(33)16-31(17-37-18(2)3)28(36)26(34)23(15-21-10-8-7-9-11-21)30-27(35)22-13-19(4)14-24(32)20(22)5;1-2/h6-11,13-14,18,23,26,32,34H,1,12,15-17H2,2-5H3,(H,29,33)(H,30,35);1-2H3. The van der Waals surface area contributed by atoms with Gasteiger partial charge in [0.1, 0.15) is 12.3 Å². The second-order valence-electron chi connectivity index (χ2n) is 9.14. The van der Waals surface area contributed by atoms with E-state index in [0.717, 1.165) is 5.56 Å². The minimum atomic E-state index is -1.61. The van der Waals surface area contributed by atoms with Crippen molar-refractivity contribution in [1.29, 1.82) is 0 Å². The Balaban J connectivity index is 0.00000371. The number of nitrogens with one attached hydrogen (secondary N) is 2. The van der Waals surface area contributed by atoms with Gasteiger partial charge in [0.2, 0.25) is 5.91 Å². The van der Waals surface area contributed by atoms with E-state index >= 15 is 0 Å². The summed E-state index contributed by atoms with van der Waals surface area (Å²) in [6, 6.07) is 11.4. The highest BCUT2D eigenvalue weighted by molar-refractivity contribution is 7.99. The summed E-state index contributed by atoms with van der Waals surface area (Å²) in [5.41, 5.74) is 2.17. The van der Waals surface area contributed by atoms with E-state index in [2.05, 4.69) is 17.2 Å². The summed E-state index contributed by atoms with van der Waals surface area (Å²) in [5, 5.41) is 27.0. The van der Waals surface area contributed by atoms with Crippen LogP contribution >= 0.6 is 11.8 Å². The Morgan fingerprint density at radius 1 is 1.10 bits per heavy atom. The van der Waals surface area contributed by atoms with E-state index in [0.29, 0.717) is 11.1 Å². The Bertz CT molecular complexity index is 1090. The molecular weight excluding hydrogens is 514 g/mol. The average Bonchev–Trinajstić information content (AvgIpc) is 2.92. The Morgan fingerprint density at radius 3 is 2.33 bits per heavy atom. The molecule has 4 N–H and O–H groups in total. The molecule has 3 amide bonds. The molecule has 2 aromatic rings. The number of phenols is 1. The third-order valence-electron chi connectivity index (χ3n) is 5.67. The maximum absolute atomic E-state index is 13.5. The predicted octanol–water partition coefficient (Wildman–Crippen LogP) is 3.97. The number of phenolic OH excluding ortho intramolecular Hbond substituents is 1. The van der Waals surface area contributed by atoms with Crippen LogP contribution in [0, 0.1) is 13.8 Å². The zero-order valence-corrected chi connectivity index (χ0v) is 24.7. The highest BCUT2D eigenvalue weighted by atomic mass is 32.2. The zero-order valence-electron chi connectivity index (χ0n) is 23.9. The minimum absolute atomic E-state index is 0.0104. The monoisotopic (exact) mass is 557 g/mol. The van der Waals surface area contributed by atoms with Crippen LogP contribution in [0.15, 0.2) is 55.1 Å². The molecule has 2 rings (SSSR count). The van der Waals surface area contributed by atoms with E-state index in [-0.39, 0.29) is 47.9 Å². The van der Waals surface area contributed by atoms with Crippen LogP contribution in [0.1, 0.15) is 54.7 Å². The number of carbonyl (C=O) groups excluding carboxylic acids is 3. The fourth-order valence-electron chi connectivity index (χ4n) is 3.63. The van der Waals surface area contributed by atoms with E-state index in [1.54, 1.807) is 26.0 Å². The summed E-state index contributed by atoms with van der Waals surface area (Å²) >= 11 is 1.46. The van der Waals surface area contributed by atoms with Crippen LogP contribution in [0.3, 0.4) is 0 Å². The second-order valence-corrected chi connectivity index (χ2v) is 10.7. The van der Waals surface area contributed by atoms with E-state index < -0.39 is 24.0 Å². The van der Waals surface area contributed by atoms with Gasteiger partial charge in [-0.15, -0.1) is 18.3 Å². The fraction of sp³-hybridized carbons (Fsp3) is 0.433. The minimum Gasteiger partial charge on any atom is -0.508 e. The van der Waals surface area contributed by atoms with Crippen LogP contribution in [0.25, 0.3) is 0 Å². The highest BCUT2D eigenvalue weighted by Crippen LogP contribution is 2.23. The number of amides is 3. The van der Waals surface area contributed by atoms with Crippen molar-refractivity contribution in [3.8, 4) is 5.75 Å². The lowest BCUT2D eigenvalue weighted by Gasteiger charge is -2.30. The second kappa shape index (κ2) is 17.3. The fourth-order valence-corrected chi connectivity index (χ4v) is 4.33. The maximum atomic E-state index is 13.5. The number of aliphatic hydroxyl groups is 1. The van der Waals surface area contributed by atoms with E-state index in [1.165, 1.54) is 22.7 Å². The van der Waals surface area contributed by atoms with Gasteiger partial charge in [0.25, 0.3) is 11.8 Å². The van der Waals surface area contributed by atoms with Crippen molar-refractivity contribution in [2.24, 2.45) is 0 Å². The number of hydrogen-bond acceptors (Lipinski definition) is 6. The van der Waals surface area contributed by atoms with Gasteiger partial charge < -0.3 is 25.7 Å². The SMILES string of the molecule is C=CCNC(=O)CN(CSC(C)C)C(=O)C(O)C(Cc1ccccc1)NC(=O)c1cc(C)cc(O)c1C.CC. The number of aliphatic hydroxyl groups excluding tert-OH is 1. The normalized spacial score (nSPS) is 12.0. The predicted molar refractivity (Wildman–Crippen MR) is 159 cm³/mol. The molecule has 0 aliphatic heterocycles. The molecule has 0 spiro atoms. The van der Waals surface area contributed by atoms with Crippen LogP contribution in [0.4, 0.5) is 0 Å². The molecular formula is C30H43N3O5S. The Labute approximate surface area is 236 Å². The van der Waals surface area contributed by atoms with Crippen molar-refractivity contribution in [1.82, 2.24) is 15.5 Å². The molecule has 0 fully saturated rings. The molecule has 0 aromatic heterocycles. The number of thioether (sulfide) groups is 1. The molecule has 0 saturated heterocycles. The number of carbonyl (C=O) groups is 3. The molecule has 0 saturated carbocycles. The molecule has 9 heteroatoms. The van der Waals surface area contributed by atoms with Gasteiger partial charge in [0.05, 0.1) is 11.9 Å². The number of hydrogen-bond donors (Lipinski definition) is 4. The summed E-state index contributed by atoms with van der Waals surface area (Å²) in [5.74, 6) is -1.36. The topological polar surface area (TPSA) is 119 Å². The van der Waals surface area contributed by atoms with Crippen molar-refractivity contribution in [3.63, 3.8) is 0 Å². The molecule has 2 aromatic carbocycles. The van der Waals surface area contributed by atoms with Gasteiger partial charge in [-0.3, -0.25) is 14.4 Å². The van der Waals surface area contributed by atoms with E-state index in [4.69, 9.17) is 0 Å². The first kappa shape index (κ1) is 33.7. The van der Waals surface area contributed by atoms with Gasteiger partial charge in [0, 0.05) is 22.9 Å². The van der Waals surface area contributed by atoms with Gasteiger partial charge in [-0.2, -0.15) is 0 Å². The van der Waals surface area contributed by atoms with Gasteiger partial charge in [0.15, 0.2) is 6.10 Å². The zero-order chi connectivity index (χ0) is 29.5. The molecule has 39 heavy (non-hydrogen) atoms. The van der Waals surface area contributed by atoms with Crippen LogP contribution in [0.5, 0.6) is 5.75 Å². The summed E-state index contributed by atoms with van der Waals surface area (Å²) in [4.78, 5) is 40.4. The Hall–Kier alpha value is -3.30. The van der Waals surface area contributed by atoms with E-state index in [9.17, 15) is 24.6 Å². The molecule has 0 radical (unpaired) electrons. The number of rotatable bonds is 13. The van der Waals surface area contributed by atoms with Gasteiger partial charge in [-0.05, 0) is 43.5 Å². The Morgan fingerprint density at radius 2 is 1.74 bits per heavy atom. The first-order valence-corrected chi connectivity index (χ1v) is 14.2. The average molecular weight is 558 g/mol. The lowest BCUT2D eigenvalue weighted by molar-refractivity contribution is -0.143. The summed E-state index contributed by atoms with van der Waals surface area (Å²) in [6.45, 7) is 14.9. The van der Waals surface area contributed by atoms with Crippen LogP contribution in [-0.4, -0.2) is 69.2 Å². The Kier molecular flexibility index (Phi) is 15.0. The van der Waals surface area contributed by atoms with Crippen molar-refractivity contribution in [3.05, 3.63) is 77.4 Å². The van der Waals surface area contributed by atoms with Gasteiger partial charge in [-0.1, -0.05) is 64.1 Å². The third kappa shape index (κ3) is 11.1. The first-order valence-electron chi connectivity index (χ1n) is 13.1. The number of aromatic hydroxyl groups is 1. The quantitative estimate of drug-likeness (QED) is 0.219. The van der Waals surface area contributed by atoms with Gasteiger partial charge >= 0.3 is 0 Å². The molecule has 0 aliphatic rings. The first-order chi connectivity index (χ1) is 18.5. The maximum Gasteiger partial charge on any atom is 0.254 e. The number of benzene rings is 2. The molecule has 0 heterocycles. The lowest BCUT2D eigenvalue weighted by Crippen LogP contribution is -2.54. The largest absolute Gasteiger partial charge is 0.508 e. The van der Waals surface area contributed by atoms with Crippen molar-refractivity contribution < 1.29 is 24.6 Å². The molecule has 2 atom stereocenters. The molecule has 214 valence electrons. The molecule has 8 nitrogen and oxygen atoms in total. The third-order valence-corrected chi connectivity index (χ3v) is 6.80. The summed E-state index contributed by atoms with van der Waals surface area (Å²) in [6.07, 6.45) is 0.116. The van der Waals surface area contributed by atoms with Crippen molar-refractivity contribution in [2.75, 3.05) is 19.0 Å². The van der Waals surface area contributed by atoms with Crippen molar-refractivity contribution >= 4 is 29.5 Å². The van der Waals surface area contributed by atoms with Gasteiger partial charge in [-0.25, -0.2) is 0 Å². The molecule has 0 bridgehead atoms. The smallest absolute Gasteiger partial charge is 0.254 e. The van der Waals surface area contributed by atoms with E-state index in [1.807, 2.05) is 58.0 Å². The van der Waals surface area contributed by atoms with Crippen LogP contribution in [0.2, 0.25) is 0 Å². The molecule has 0 aliphatic carbocycles. The van der Waals surface area contributed by atoms with Crippen LogP contribution < -0.4 is 10.6 Å². The lowest BCUT2D eigenvalue weighted by atomic mass is 9.98. The number of aryl methyl sites for hydroxylation is 1. The van der Waals surface area contributed by atoms with Crippen LogP contribution in [-0.2, 0) is 16.0 Å². The summed E-state index contributed by atoms with van der Waals surface area (Å²) in [7, 11) is 0. The highest BCUT2D eigenvalue weighted by Gasteiger charge is 2.33. The number of nitrogens with zero attached hydrogens (tertiary/aromatic N) is 1.